The topological polar surface area (TPSA) is 94.8 Å². The molecule has 5 nitrogen and oxygen atoms in total. The van der Waals surface area contributed by atoms with Gasteiger partial charge in [-0.25, -0.2) is 4.79 Å². The number of rotatable bonds is 6. The van der Waals surface area contributed by atoms with Crippen LogP contribution in [-0.4, -0.2) is 27.6 Å². The Hall–Kier alpha value is -1.72. The largest absolute Gasteiger partial charge is 0.479 e. The summed E-state index contributed by atoms with van der Waals surface area (Å²) in [7, 11) is 0. The van der Waals surface area contributed by atoms with Crippen molar-refractivity contribution in [2.45, 2.75) is 25.6 Å². The van der Waals surface area contributed by atoms with Gasteiger partial charge in [-0.1, -0.05) is 18.2 Å². The van der Waals surface area contributed by atoms with E-state index in [1.54, 1.807) is 12.1 Å². The van der Waals surface area contributed by atoms with Gasteiger partial charge in [-0.2, -0.15) is 0 Å². The first-order chi connectivity index (χ1) is 8.10. The molecule has 0 radical (unpaired) electrons. The first-order valence-electron chi connectivity index (χ1n) is 5.17. The lowest BCUT2D eigenvalue weighted by Crippen LogP contribution is -2.13. The van der Waals surface area contributed by atoms with Crippen molar-refractivity contribution < 1.29 is 24.9 Å². The molecule has 3 N–H and O–H groups in total. The molecule has 0 aromatic heterocycles. The van der Waals surface area contributed by atoms with Gasteiger partial charge in [-0.05, 0) is 23.1 Å². The zero-order chi connectivity index (χ0) is 12.8. The average molecular weight is 238 g/mol. The highest BCUT2D eigenvalue weighted by molar-refractivity contribution is 5.74. The van der Waals surface area contributed by atoms with Gasteiger partial charge in [-0.3, -0.25) is 0 Å². The minimum absolute atomic E-state index is 0.169. The number of benzene rings is 1. The molecule has 1 atom stereocenters. The van der Waals surface area contributed by atoms with Crippen molar-refractivity contribution in [3.05, 3.63) is 34.9 Å². The molecule has 0 amide bonds. The molecule has 1 rings (SSSR count). The van der Waals surface area contributed by atoms with Gasteiger partial charge in [0.2, 0.25) is 0 Å². The maximum Gasteiger partial charge on any atom is 0.337 e. The van der Waals surface area contributed by atoms with Crippen LogP contribution in [0.3, 0.4) is 0 Å². The number of carboxylic acids is 1. The number of carbonyl (C=O) groups excluding carboxylic acids is 1. The quantitative estimate of drug-likeness (QED) is 0.625. The fourth-order valence-corrected chi connectivity index (χ4v) is 1.59. The van der Waals surface area contributed by atoms with E-state index in [0.29, 0.717) is 17.5 Å². The van der Waals surface area contributed by atoms with Crippen LogP contribution in [-0.2, 0) is 22.6 Å². The maximum absolute atomic E-state index is 10.7. The number of aliphatic carboxylic acids is 1. The molecule has 0 aliphatic rings. The second-order valence-corrected chi connectivity index (χ2v) is 3.64. The Bertz CT molecular complexity index is 413. The molecule has 0 saturated heterocycles. The lowest BCUT2D eigenvalue weighted by Gasteiger charge is -2.12. The summed E-state index contributed by atoms with van der Waals surface area (Å²) in [5.74, 6) is -1.34. The molecule has 92 valence electrons. The highest BCUT2D eigenvalue weighted by Gasteiger charge is 2.19. The van der Waals surface area contributed by atoms with Crippen LogP contribution in [0.15, 0.2) is 18.2 Å². The van der Waals surface area contributed by atoms with E-state index in [4.69, 9.17) is 10.2 Å². The normalized spacial score (nSPS) is 12.1. The molecule has 0 fully saturated rings. The van der Waals surface area contributed by atoms with Gasteiger partial charge in [0.05, 0.1) is 6.61 Å². The Morgan fingerprint density at radius 1 is 1.41 bits per heavy atom. The van der Waals surface area contributed by atoms with Gasteiger partial charge < -0.3 is 20.1 Å². The number of carboxylic acid groups (broad SMARTS) is 1. The third-order valence-corrected chi connectivity index (χ3v) is 2.45. The third kappa shape index (κ3) is 3.37. The third-order valence-electron chi connectivity index (χ3n) is 2.45. The molecule has 17 heavy (non-hydrogen) atoms. The minimum Gasteiger partial charge on any atom is -0.479 e. The van der Waals surface area contributed by atoms with E-state index in [2.05, 4.69) is 0 Å². The predicted molar refractivity (Wildman–Crippen MR) is 59.3 cm³/mol. The fraction of sp³-hybridized carbons (Fsp3) is 0.333. The molecule has 0 spiro atoms. The van der Waals surface area contributed by atoms with E-state index in [1.165, 1.54) is 6.07 Å². The van der Waals surface area contributed by atoms with E-state index in [1.807, 2.05) is 0 Å². The Kier molecular flexibility index (Phi) is 4.81. The van der Waals surface area contributed by atoms with Crippen LogP contribution < -0.4 is 0 Å². The van der Waals surface area contributed by atoms with Crippen LogP contribution in [0.2, 0.25) is 0 Å². The maximum atomic E-state index is 10.7. The number of hydrogen-bond acceptors (Lipinski definition) is 4. The summed E-state index contributed by atoms with van der Waals surface area (Å²) in [5, 5.41) is 27.2. The number of carbonyl (C=O) groups is 2. The van der Waals surface area contributed by atoms with Gasteiger partial charge in [0.15, 0.2) is 6.10 Å². The Morgan fingerprint density at radius 2 is 2.12 bits per heavy atom. The summed E-state index contributed by atoms with van der Waals surface area (Å²) in [6.07, 6.45) is -0.294. The SMILES string of the molecule is O=CCCc1cc(CO)ccc1C(O)C(=O)O. The van der Waals surface area contributed by atoms with E-state index >= 15 is 0 Å². The average Bonchev–Trinajstić information content (AvgIpc) is 2.34. The predicted octanol–water partition coefficient (Wildman–Crippen LogP) is 0.428. The van der Waals surface area contributed by atoms with Crippen LogP contribution in [0, 0.1) is 0 Å². The molecule has 0 bridgehead atoms. The highest BCUT2D eigenvalue weighted by Crippen LogP contribution is 2.21. The highest BCUT2D eigenvalue weighted by atomic mass is 16.4. The van der Waals surface area contributed by atoms with Crippen molar-refractivity contribution >= 4 is 12.3 Å². The van der Waals surface area contributed by atoms with Crippen LogP contribution in [0.4, 0.5) is 0 Å². The van der Waals surface area contributed by atoms with E-state index in [0.717, 1.165) is 6.29 Å². The second-order valence-electron chi connectivity index (χ2n) is 3.64. The van der Waals surface area contributed by atoms with E-state index < -0.39 is 12.1 Å². The molecule has 0 saturated carbocycles. The zero-order valence-electron chi connectivity index (χ0n) is 9.17. The number of aldehydes is 1. The molecular weight excluding hydrogens is 224 g/mol. The van der Waals surface area contributed by atoms with Crippen molar-refractivity contribution in [1.29, 1.82) is 0 Å². The van der Waals surface area contributed by atoms with Gasteiger partial charge >= 0.3 is 5.97 Å². The smallest absolute Gasteiger partial charge is 0.337 e. The van der Waals surface area contributed by atoms with Gasteiger partial charge in [-0.15, -0.1) is 0 Å². The first kappa shape index (κ1) is 13.3. The number of hydrogen-bond donors (Lipinski definition) is 3. The molecule has 0 heterocycles. The van der Waals surface area contributed by atoms with Crippen molar-refractivity contribution in [2.75, 3.05) is 0 Å². The van der Waals surface area contributed by atoms with Crippen molar-refractivity contribution in [2.24, 2.45) is 0 Å². The summed E-state index contributed by atoms with van der Waals surface area (Å²) < 4.78 is 0. The summed E-state index contributed by atoms with van der Waals surface area (Å²) in [6.45, 7) is -0.169. The lowest BCUT2D eigenvalue weighted by atomic mass is 9.96. The van der Waals surface area contributed by atoms with Gasteiger partial charge in [0.1, 0.15) is 6.29 Å². The summed E-state index contributed by atoms with van der Waals surface area (Å²) in [6, 6.07) is 4.61. The first-order valence-corrected chi connectivity index (χ1v) is 5.17. The molecule has 5 heteroatoms. The van der Waals surface area contributed by atoms with Gasteiger partial charge in [0.25, 0.3) is 0 Å². The number of aliphatic hydroxyl groups excluding tert-OH is 2. The number of aliphatic hydroxyl groups is 2. The van der Waals surface area contributed by atoms with Crippen LogP contribution in [0.25, 0.3) is 0 Å². The molecule has 0 aliphatic heterocycles. The minimum atomic E-state index is -1.61. The standard InChI is InChI=1S/C12H14O5/c13-5-1-2-9-6-8(7-14)3-4-10(9)11(15)12(16)17/h3-6,11,14-15H,1-2,7H2,(H,16,17). The summed E-state index contributed by atoms with van der Waals surface area (Å²) in [4.78, 5) is 21.0. The van der Waals surface area contributed by atoms with Crippen molar-refractivity contribution in [3.8, 4) is 0 Å². The fourth-order valence-electron chi connectivity index (χ4n) is 1.59. The van der Waals surface area contributed by atoms with Crippen molar-refractivity contribution in [3.63, 3.8) is 0 Å². The zero-order valence-corrected chi connectivity index (χ0v) is 9.17. The monoisotopic (exact) mass is 238 g/mol. The Balaban J connectivity index is 3.09. The summed E-state index contributed by atoms with van der Waals surface area (Å²) >= 11 is 0. The lowest BCUT2D eigenvalue weighted by molar-refractivity contribution is -0.147. The molecule has 1 aromatic rings. The summed E-state index contributed by atoms with van der Waals surface area (Å²) in [5.41, 5.74) is 1.45. The Labute approximate surface area is 98.3 Å². The molecule has 1 aromatic carbocycles. The van der Waals surface area contributed by atoms with Crippen LogP contribution >= 0.6 is 0 Å². The molecular formula is C12H14O5. The van der Waals surface area contributed by atoms with Gasteiger partial charge in [0, 0.05) is 6.42 Å². The van der Waals surface area contributed by atoms with E-state index in [9.17, 15) is 14.7 Å². The van der Waals surface area contributed by atoms with Crippen LogP contribution in [0.1, 0.15) is 29.2 Å². The molecule has 0 aliphatic carbocycles. The Morgan fingerprint density at radius 3 is 2.65 bits per heavy atom. The van der Waals surface area contributed by atoms with E-state index in [-0.39, 0.29) is 18.6 Å². The van der Waals surface area contributed by atoms with Crippen LogP contribution in [0.5, 0.6) is 0 Å². The van der Waals surface area contributed by atoms with Crippen molar-refractivity contribution in [1.82, 2.24) is 0 Å². The number of aryl methyl sites for hydroxylation is 1. The molecule has 1 unspecified atom stereocenters. The second kappa shape index (κ2) is 6.12.